The summed E-state index contributed by atoms with van der Waals surface area (Å²) in [6.45, 7) is 6.00. The lowest BCUT2D eigenvalue weighted by molar-refractivity contribution is -0.0463. The molecule has 19 heavy (non-hydrogen) atoms. The maximum Gasteiger partial charge on any atom is 0.0872 e. The summed E-state index contributed by atoms with van der Waals surface area (Å²) in [6, 6.07) is 0.0661. The van der Waals surface area contributed by atoms with Gasteiger partial charge in [0.1, 0.15) is 0 Å². The number of hydrogen-bond acceptors (Lipinski definition) is 6. The van der Waals surface area contributed by atoms with Crippen LogP contribution in [0.15, 0.2) is 6.20 Å². The molecule has 1 aliphatic heterocycles. The third-order valence-electron chi connectivity index (χ3n) is 3.46. The summed E-state index contributed by atoms with van der Waals surface area (Å²) in [5.74, 6) is 5.67. The van der Waals surface area contributed by atoms with Gasteiger partial charge in [0, 0.05) is 32.8 Å². The zero-order chi connectivity index (χ0) is 13.7. The molecule has 2 rings (SSSR count). The lowest BCUT2D eigenvalue weighted by Gasteiger charge is -2.36. The lowest BCUT2D eigenvalue weighted by Crippen LogP contribution is -2.54. The van der Waals surface area contributed by atoms with Gasteiger partial charge in [0.2, 0.25) is 0 Å². The molecular formula is C12H24N6O. The van der Waals surface area contributed by atoms with E-state index in [1.807, 2.05) is 13.2 Å². The Hall–Kier alpha value is -1.02. The minimum atomic E-state index is 0.0661. The van der Waals surface area contributed by atoms with Crippen molar-refractivity contribution in [1.29, 1.82) is 0 Å². The number of hydrogen-bond donors (Lipinski definition) is 2. The molecule has 1 aromatic heterocycles. The fourth-order valence-electron chi connectivity index (χ4n) is 2.51. The van der Waals surface area contributed by atoms with Gasteiger partial charge in [-0.1, -0.05) is 12.1 Å². The van der Waals surface area contributed by atoms with E-state index < -0.39 is 0 Å². The Labute approximate surface area is 114 Å². The zero-order valence-corrected chi connectivity index (χ0v) is 11.7. The summed E-state index contributed by atoms with van der Waals surface area (Å²) >= 11 is 0. The number of aryl methyl sites for hydroxylation is 1. The SMILES string of the molecule is CCCN1CCOC(C(Cc2cn(C)nn2)NN)C1. The number of morpholine rings is 1. The van der Waals surface area contributed by atoms with E-state index in [1.165, 1.54) is 0 Å². The highest BCUT2D eigenvalue weighted by molar-refractivity contribution is 4.98. The van der Waals surface area contributed by atoms with Crippen molar-refractivity contribution < 1.29 is 4.74 Å². The van der Waals surface area contributed by atoms with Gasteiger partial charge in [0.15, 0.2) is 0 Å². The Bertz CT molecular complexity index is 380. The van der Waals surface area contributed by atoms with Gasteiger partial charge in [-0.25, -0.2) is 0 Å². The van der Waals surface area contributed by atoms with Gasteiger partial charge in [-0.05, 0) is 13.0 Å². The van der Waals surface area contributed by atoms with E-state index in [-0.39, 0.29) is 12.1 Å². The molecule has 3 N–H and O–H groups in total. The maximum atomic E-state index is 5.85. The van der Waals surface area contributed by atoms with Crippen LogP contribution in [0.1, 0.15) is 19.0 Å². The maximum absolute atomic E-state index is 5.85. The summed E-state index contributed by atoms with van der Waals surface area (Å²) in [7, 11) is 1.86. The zero-order valence-electron chi connectivity index (χ0n) is 11.7. The largest absolute Gasteiger partial charge is 0.374 e. The van der Waals surface area contributed by atoms with Gasteiger partial charge in [-0.15, -0.1) is 5.10 Å². The van der Waals surface area contributed by atoms with E-state index in [4.69, 9.17) is 10.6 Å². The molecule has 1 fully saturated rings. The number of ether oxygens (including phenoxy) is 1. The average molecular weight is 268 g/mol. The molecular weight excluding hydrogens is 244 g/mol. The topological polar surface area (TPSA) is 81.2 Å². The van der Waals surface area contributed by atoms with Crippen LogP contribution in [0.2, 0.25) is 0 Å². The molecule has 7 nitrogen and oxygen atoms in total. The number of rotatable bonds is 6. The summed E-state index contributed by atoms with van der Waals surface area (Å²) in [4.78, 5) is 2.43. The summed E-state index contributed by atoms with van der Waals surface area (Å²) in [5.41, 5.74) is 3.80. The lowest BCUT2D eigenvalue weighted by atomic mass is 10.0. The van der Waals surface area contributed by atoms with Crippen molar-refractivity contribution in [2.75, 3.05) is 26.2 Å². The number of nitrogens with zero attached hydrogens (tertiary/aromatic N) is 4. The van der Waals surface area contributed by atoms with E-state index in [0.29, 0.717) is 0 Å². The Morgan fingerprint density at radius 2 is 2.47 bits per heavy atom. The van der Waals surface area contributed by atoms with Crippen molar-refractivity contribution in [3.05, 3.63) is 11.9 Å². The van der Waals surface area contributed by atoms with Crippen LogP contribution in [-0.2, 0) is 18.2 Å². The van der Waals surface area contributed by atoms with Crippen molar-refractivity contribution in [1.82, 2.24) is 25.3 Å². The van der Waals surface area contributed by atoms with Crippen LogP contribution >= 0.6 is 0 Å². The van der Waals surface area contributed by atoms with Crippen LogP contribution in [0.25, 0.3) is 0 Å². The Morgan fingerprint density at radius 1 is 1.63 bits per heavy atom. The monoisotopic (exact) mass is 268 g/mol. The number of hydrazine groups is 1. The predicted molar refractivity (Wildman–Crippen MR) is 72.3 cm³/mol. The first-order chi connectivity index (χ1) is 9.22. The van der Waals surface area contributed by atoms with Crippen molar-refractivity contribution >= 4 is 0 Å². The minimum absolute atomic E-state index is 0.0661. The molecule has 1 aliphatic rings. The quantitative estimate of drug-likeness (QED) is 0.524. The minimum Gasteiger partial charge on any atom is -0.374 e. The second-order valence-corrected chi connectivity index (χ2v) is 5.07. The van der Waals surface area contributed by atoms with Gasteiger partial charge < -0.3 is 4.74 Å². The smallest absolute Gasteiger partial charge is 0.0872 e. The molecule has 0 saturated carbocycles. The second-order valence-electron chi connectivity index (χ2n) is 5.07. The highest BCUT2D eigenvalue weighted by Crippen LogP contribution is 2.12. The van der Waals surface area contributed by atoms with E-state index in [2.05, 4.69) is 27.6 Å². The molecule has 108 valence electrons. The van der Waals surface area contributed by atoms with Gasteiger partial charge >= 0.3 is 0 Å². The second kappa shape index (κ2) is 6.95. The van der Waals surface area contributed by atoms with Crippen LogP contribution in [-0.4, -0.2) is 58.3 Å². The summed E-state index contributed by atoms with van der Waals surface area (Å²) < 4.78 is 7.55. The first-order valence-corrected chi connectivity index (χ1v) is 6.88. The van der Waals surface area contributed by atoms with Crippen LogP contribution in [0.3, 0.4) is 0 Å². The van der Waals surface area contributed by atoms with E-state index in [9.17, 15) is 0 Å². The van der Waals surface area contributed by atoms with Gasteiger partial charge in [0.25, 0.3) is 0 Å². The molecule has 2 atom stereocenters. The molecule has 0 amide bonds. The van der Waals surface area contributed by atoms with E-state index in [0.717, 1.165) is 44.8 Å². The fourth-order valence-corrected chi connectivity index (χ4v) is 2.51. The van der Waals surface area contributed by atoms with Crippen LogP contribution in [0.5, 0.6) is 0 Å². The van der Waals surface area contributed by atoms with Crippen LogP contribution in [0.4, 0.5) is 0 Å². The molecule has 2 unspecified atom stereocenters. The Kier molecular flexibility index (Phi) is 5.26. The molecule has 0 radical (unpaired) electrons. The Balaban J connectivity index is 1.92. The molecule has 1 saturated heterocycles. The van der Waals surface area contributed by atoms with Crippen molar-refractivity contribution in [2.24, 2.45) is 12.9 Å². The molecule has 2 heterocycles. The fraction of sp³-hybridized carbons (Fsp3) is 0.833. The third-order valence-corrected chi connectivity index (χ3v) is 3.46. The first kappa shape index (κ1) is 14.4. The standard InChI is InChI=1S/C12H24N6O/c1-3-4-18-5-6-19-12(9-18)11(14-13)7-10-8-17(2)16-15-10/h8,11-12,14H,3-7,9,13H2,1-2H3. The van der Waals surface area contributed by atoms with Crippen molar-refractivity contribution in [3.63, 3.8) is 0 Å². The molecule has 0 aliphatic carbocycles. The van der Waals surface area contributed by atoms with Crippen molar-refractivity contribution in [3.8, 4) is 0 Å². The normalized spacial score (nSPS) is 22.6. The van der Waals surface area contributed by atoms with Gasteiger partial charge in [-0.3, -0.25) is 20.9 Å². The predicted octanol–water partition coefficient (Wildman–Crippen LogP) is -0.700. The first-order valence-electron chi connectivity index (χ1n) is 6.88. The van der Waals surface area contributed by atoms with Crippen LogP contribution in [0, 0.1) is 0 Å². The molecule has 7 heteroatoms. The summed E-state index contributed by atoms with van der Waals surface area (Å²) in [5, 5.41) is 8.04. The summed E-state index contributed by atoms with van der Waals surface area (Å²) in [6.07, 6.45) is 3.91. The molecule has 0 spiro atoms. The number of nitrogens with one attached hydrogen (secondary N) is 1. The van der Waals surface area contributed by atoms with Crippen molar-refractivity contribution in [2.45, 2.75) is 31.9 Å². The molecule has 0 aromatic carbocycles. The average Bonchev–Trinajstić information content (AvgIpc) is 2.82. The number of nitrogens with two attached hydrogens (primary N) is 1. The van der Waals surface area contributed by atoms with Gasteiger partial charge in [-0.2, -0.15) is 0 Å². The number of aromatic nitrogens is 3. The van der Waals surface area contributed by atoms with Crippen LogP contribution < -0.4 is 11.3 Å². The third kappa shape index (κ3) is 3.97. The highest BCUT2D eigenvalue weighted by Gasteiger charge is 2.28. The Morgan fingerprint density at radius 3 is 3.11 bits per heavy atom. The van der Waals surface area contributed by atoms with E-state index >= 15 is 0 Å². The highest BCUT2D eigenvalue weighted by atomic mass is 16.5. The molecule has 0 bridgehead atoms. The van der Waals surface area contributed by atoms with Gasteiger partial charge in [0.05, 0.1) is 24.4 Å². The molecule has 1 aromatic rings. The van der Waals surface area contributed by atoms with E-state index in [1.54, 1.807) is 4.68 Å².